The second-order valence-corrected chi connectivity index (χ2v) is 3.17. The molecular weight excluding hydrogens is 237 g/mol. The lowest BCUT2D eigenvalue weighted by Crippen LogP contribution is -2.08. The van der Waals surface area contributed by atoms with Crippen molar-refractivity contribution in [3.63, 3.8) is 0 Å². The van der Waals surface area contributed by atoms with Crippen molar-refractivity contribution >= 4 is 11.8 Å². The zero-order valence-electron chi connectivity index (χ0n) is 8.57. The number of alkyl halides is 3. The van der Waals surface area contributed by atoms with E-state index in [-0.39, 0.29) is 6.54 Å². The van der Waals surface area contributed by atoms with E-state index < -0.39 is 22.4 Å². The molecule has 1 aromatic rings. The Morgan fingerprint density at radius 2 is 2.06 bits per heavy atom. The van der Waals surface area contributed by atoms with Crippen LogP contribution in [0.2, 0.25) is 0 Å². The van der Waals surface area contributed by atoms with Gasteiger partial charge in [0, 0.05) is 12.6 Å². The van der Waals surface area contributed by atoms with Gasteiger partial charge in [-0.15, -0.1) is 0 Å². The minimum Gasteiger partial charge on any atom is -0.327 e. The lowest BCUT2D eigenvalue weighted by atomic mass is 10.1. The van der Waals surface area contributed by atoms with E-state index in [4.69, 9.17) is 5.73 Å². The molecule has 7 heteroatoms. The van der Waals surface area contributed by atoms with Crippen molar-refractivity contribution in [3.8, 4) is 0 Å². The number of hydrogen-bond donors (Lipinski definition) is 1. The third-order valence-corrected chi connectivity index (χ3v) is 1.97. The summed E-state index contributed by atoms with van der Waals surface area (Å²) in [6.07, 6.45) is -1.82. The van der Waals surface area contributed by atoms with Gasteiger partial charge in [0.2, 0.25) is 0 Å². The fraction of sp³-hybridized carbons (Fsp3) is 0.200. The van der Waals surface area contributed by atoms with Crippen molar-refractivity contribution in [2.24, 2.45) is 5.73 Å². The van der Waals surface area contributed by atoms with Crippen LogP contribution < -0.4 is 5.73 Å². The molecule has 0 unspecified atom stereocenters. The van der Waals surface area contributed by atoms with Gasteiger partial charge < -0.3 is 5.73 Å². The Hall–Kier alpha value is -1.89. The number of hydrogen-bond acceptors (Lipinski definition) is 3. The first-order valence-corrected chi connectivity index (χ1v) is 4.58. The van der Waals surface area contributed by atoms with E-state index in [2.05, 4.69) is 0 Å². The summed E-state index contributed by atoms with van der Waals surface area (Å²) in [4.78, 5) is 9.50. The number of nitro benzene ring substituents is 1. The number of nitrogens with two attached hydrogens (primary N) is 1. The molecule has 0 saturated carbocycles. The van der Waals surface area contributed by atoms with E-state index in [1.807, 2.05) is 0 Å². The summed E-state index contributed by atoms with van der Waals surface area (Å²) >= 11 is 0. The van der Waals surface area contributed by atoms with Crippen LogP contribution >= 0.6 is 0 Å². The quantitative estimate of drug-likeness (QED) is 0.658. The SMILES string of the molecule is NCC=Cc1ccc(C(F)(F)F)c([N+](=O)[O-])c1. The Morgan fingerprint density at radius 1 is 1.41 bits per heavy atom. The molecule has 0 saturated heterocycles. The van der Waals surface area contributed by atoms with Crippen LogP contribution in [0.1, 0.15) is 11.1 Å². The first kappa shape index (κ1) is 13.2. The number of nitrogens with zero attached hydrogens (tertiary/aromatic N) is 1. The highest BCUT2D eigenvalue weighted by molar-refractivity contribution is 5.57. The molecule has 92 valence electrons. The zero-order chi connectivity index (χ0) is 13.1. The largest absolute Gasteiger partial charge is 0.422 e. The highest BCUT2D eigenvalue weighted by Crippen LogP contribution is 2.36. The molecule has 0 atom stereocenters. The van der Waals surface area contributed by atoms with Gasteiger partial charge in [0.05, 0.1) is 4.92 Å². The summed E-state index contributed by atoms with van der Waals surface area (Å²) in [5, 5.41) is 10.6. The van der Waals surface area contributed by atoms with Gasteiger partial charge in [0.15, 0.2) is 0 Å². The number of halogens is 3. The van der Waals surface area contributed by atoms with Crippen LogP contribution in [0.5, 0.6) is 0 Å². The predicted octanol–water partition coefficient (Wildman–Crippen LogP) is 2.59. The molecule has 0 amide bonds. The number of nitro groups is 1. The van der Waals surface area contributed by atoms with E-state index in [1.54, 1.807) is 0 Å². The maximum Gasteiger partial charge on any atom is 0.422 e. The molecule has 0 radical (unpaired) electrons. The topological polar surface area (TPSA) is 69.2 Å². The molecule has 0 fully saturated rings. The Balaban J connectivity index is 3.27. The monoisotopic (exact) mass is 246 g/mol. The molecule has 1 aromatic carbocycles. The smallest absolute Gasteiger partial charge is 0.327 e. The normalized spacial score (nSPS) is 12.0. The highest BCUT2D eigenvalue weighted by atomic mass is 19.4. The van der Waals surface area contributed by atoms with Gasteiger partial charge in [-0.25, -0.2) is 0 Å². The summed E-state index contributed by atoms with van der Waals surface area (Å²) in [6.45, 7) is 0.203. The van der Waals surface area contributed by atoms with E-state index in [0.717, 1.165) is 12.1 Å². The Kier molecular flexibility index (Phi) is 3.84. The molecule has 0 aliphatic rings. The average molecular weight is 246 g/mol. The Bertz CT molecular complexity index is 455. The van der Waals surface area contributed by atoms with Crippen LogP contribution in [0, 0.1) is 10.1 Å². The van der Waals surface area contributed by atoms with Crippen LogP contribution in [0.25, 0.3) is 6.08 Å². The molecule has 0 spiro atoms. The predicted molar refractivity (Wildman–Crippen MR) is 56.2 cm³/mol. The molecule has 0 bridgehead atoms. The summed E-state index contributed by atoms with van der Waals surface area (Å²) in [5.74, 6) is 0. The maximum absolute atomic E-state index is 12.4. The lowest BCUT2D eigenvalue weighted by molar-refractivity contribution is -0.388. The first-order valence-electron chi connectivity index (χ1n) is 4.58. The fourth-order valence-corrected chi connectivity index (χ4v) is 1.25. The Morgan fingerprint density at radius 3 is 2.53 bits per heavy atom. The van der Waals surface area contributed by atoms with E-state index in [1.165, 1.54) is 12.2 Å². The van der Waals surface area contributed by atoms with Gasteiger partial charge in [0.25, 0.3) is 5.69 Å². The van der Waals surface area contributed by atoms with Gasteiger partial charge in [0.1, 0.15) is 5.56 Å². The highest BCUT2D eigenvalue weighted by Gasteiger charge is 2.37. The second-order valence-electron chi connectivity index (χ2n) is 3.17. The average Bonchev–Trinajstić information content (AvgIpc) is 2.24. The minimum absolute atomic E-state index is 0.203. The van der Waals surface area contributed by atoms with Crippen LogP contribution in [0.3, 0.4) is 0 Å². The van der Waals surface area contributed by atoms with Gasteiger partial charge in [-0.2, -0.15) is 13.2 Å². The third-order valence-electron chi connectivity index (χ3n) is 1.97. The molecule has 0 aliphatic heterocycles. The van der Waals surface area contributed by atoms with Gasteiger partial charge in [-0.3, -0.25) is 10.1 Å². The molecule has 1 rings (SSSR count). The Labute approximate surface area is 94.7 Å². The van der Waals surface area contributed by atoms with Crippen LogP contribution in [0.4, 0.5) is 18.9 Å². The molecular formula is C10H9F3N2O2. The van der Waals surface area contributed by atoms with Gasteiger partial charge in [-0.05, 0) is 11.6 Å². The lowest BCUT2D eigenvalue weighted by Gasteiger charge is -2.07. The maximum atomic E-state index is 12.4. The molecule has 17 heavy (non-hydrogen) atoms. The summed E-state index contributed by atoms with van der Waals surface area (Å²) in [7, 11) is 0. The van der Waals surface area contributed by atoms with Crippen LogP contribution in [0.15, 0.2) is 24.3 Å². The molecule has 2 N–H and O–H groups in total. The van der Waals surface area contributed by atoms with Gasteiger partial charge in [-0.1, -0.05) is 18.2 Å². The van der Waals surface area contributed by atoms with Crippen molar-refractivity contribution in [1.82, 2.24) is 0 Å². The van der Waals surface area contributed by atoms with E-state index >= 15 is 0 Å². The number of rotatable bonds is 3. The van der Waals surface area contributed by atoms with E-state index in [0.29, 0.717) is 11.6 Å². The molecule has 4 nitrogen and oxygen atoms in total. The van der Waals surface area contributed by atoms with Gasteiger partial charge >= 0.3 is 6.18 Å². The second kappa shape index (κ2) is 4.96. The van der Waals surface area contributed by atoms with Crippen molar-refractivity contribution in [1.29, 1.82) is 0 Å². The van der Waals surface area contributed by atoms with Crippen LogP contribution in [-0.4, -0.2) is 11.5 Å². The van der Waals surface area contributed by atoms with Crippen molar-refractivity contribution in [3.05, 3.63) is 45.5 Å². The third kappa shape index (κ3) is 3.28. The molecule has 0 aliphatic carbocycles. The molecule has 0 aromatic heterocycles. The van der Waals surface area contributed by atoms with Crippen molar-refractivity contribution in [2.75, 3.05) is 6.54 Å². The van der Waals surface area contributed by atoms with Crippen molar-refractivity contribution < 1.29 is 18.1 Å². The zero-order valence-corrected chi connectivity index (χ0v) is 8.57. The standard InChI is InChI=1S/C10H9F3N2O2/c11-10(12,13)8-4-3-7(2-1-5-14)6-9(8)15(16)17/h1-4,6H,5,14H2. The minimum atomic E-state index is -4.74. The first-order chi connectivity index (χ1) is 7.86. The molecule has 0 heterocycles. The van der Waals surface area contributed by atoms with E-state index in [9.17, 15) is 23.3 Å². The number of benzene rings is 1. The summed E-state index contributed by atoms with van der Waals surface area (Å²) < 4.78 is 37.3. The summed E-state index contributed by atoms with van der Waals surface area (Å²) in [5.41, 5.74) is 3.26. The van der Waals surface area contributed by atoms with Crippen molar-refractivity contribution in [2.45, 2.75) is 6.18 Å². The van der Waals surface area contributed by atoms with Crippen LogP contribution in [-0.2, 0) is 6.18 Å². The summed E-state index contributed by atoms with van der Waals surface area (Å²) in [6, 6.07) is 2.71. The fourth-order valence-electron chi connectivity index (χ4n) is 1.25.